The van der Waals surface area contributed by atoms with E-state index in [1.807, 2.05) is 30.3 Å². The molecule has 120 valence electrons. The van der Waals surface area contributed by atoms with E-state index in [0.717, 1.165) is 5.75 Å². The van der Waals surface area contributed by atoms with Gasteiger partial charge in [0.25, 0.3) is 0 Å². The molecule has 2 N–H and O–H groups in total. The van der Waals surface area contributed by atoms with E-state index >= 15 is 0 Å². The lowest BCUT2D eigenvalue weighted by Crippen LogP contribution is -2.36. The van der Waals surface area contributed by atoms with Gasteiger partial charge in [0.05, 0.1) is 6.61 Å². The predicted molar refractivity (Wildman–Crippen MR) is 81.8 cm³/mol. The fourth-order valence-corrected chi connectivity index (χ4v) is 2.63. The largest absolute Gasteiger partial charge is 0.494 e. The van der Waals surface area contributed by atoms with Crippen molar-refractivity contribution in [2.75, 3.05) is 20.2 Å². The van der Waals surface area contributed by atoms with Crippen LogP contribution in [-0.4, -0.2) is 54.2 Å². The van der Waals surface area contributed by atoms with Crippen LogP contribution in [0.15, 0.2) is 30.3 Å². The highest BCUT2D eigenvalue weighted by atomic mass is 16.5. The Balaban J connectivity index is 1.63. The summed E-state index contributed by atoms with van der Waals surface area (Å²) in [5, 5.41) is 11.9. The first-order valence-corrected chi connectivity index (χ1v) is 7.46. The van der Waals surface area contributed by atoms with Crippen LogP contribution in [0.25, 0.3) is 0 Å². The molecule has 0 spiro atoms. The number of amides is 1. The Morgan fingerprint density at radius 1 is 1.36 bits per heavy atom. The molecule has 1 aliphatic rings. The third kappa shape index (κ3) is 4.73. The molecule has 0 unspecified atom stereocenters. The third-order valence-electron chi connectivity index (χ3n) is 3.76. The molecule has 1 heterocycles. The van der Waals surface area contributed by atoms with Crippen molar-refractivity contribution in [3.63, 3.8) is 0 Å². The summed E-state index contributed by atoms with van der Waals surface area (Å²) in [6.45, 7) is 1.06. The van der Waals surface area contributed by atoms with Crippen LogP contribution in [0.4, 0.5) is 0 Å². The van der Waals surface area contributed by atoms with Gasteiger partial charge in [0.15, 0.2) is 0 Å². The number of carbonyl (C=O) groups is 2. The monoisotopic (exact) mass is 306 g/mol. The van der Waals surface area contributed by atoms with Crippen molar-refractivity contribution in [3.8, 4) is 5.75 Å². The average Bonchev–Trinajstić information content (AvgIpc) is 2.85. The summed E-state index contributed by atoms with van der Waals surface area (Å²) in [5.41, 5.74) is 0. The number of likely N-dealkylation sites (N-methyl/N-ethyl adjacent to an activating group) is 1. The number of carboxylic acid groups (broad SMARTS) is 1. The average molecular weight is 306 g/mol. The highest BCUT2D eigenvalue weighted by Crippen LogP contribution is 2.16. The van der Waals surface area contributed by atoms with Gasteiger partial charge in [-0.25, -0.2) is 0 Å². The number of likely N-dealkylation sites (tertiary alicyclic amines) is 1. The van der Waals surface area contributed by atoms with Crippen LogP contribution >= 0.6 is 0 Å². The number of nitrogens with one attached hydrogen (secondary N) is 1. The van der Waals surface area contributed by atoms with Crippen LogP contribution in [0.1, 0.15) is 19.3 Å². The Morgan fingerprint density at radius 3 is 2.73 bits per heavy atom. The van der Waals surface area contributed by atoms with Crippen molar-refractivity contribution in [1.82, 2.24) is 10.2 Å². The maximum absolute atomic E-state index is 11.9. The van der Waals surface area contributed by atoms with Crippen LogP contribution in [-0.2, 0) is 9.59 Å². The molecular formula is C16H22N2O4. The summed E-state index contributed by atoms with van der Waals surface area (Å²) < 4.78 is 5.53. The maximum Gasteiger partial charge on any atom is 0.320 e. The Hall–Kier alpha value is -2.08. The first-order valence-electron chi connectivity index (χ1n) is 7.46. The van der Waals surface area contributed by atoms with E-state index in [9.17, 15) is 9.59 Å². The van der Waals surface area contributed by atoms with Crippen LogP contribution < -0.4 is 10.1 Å². The molecular weight excluding hydrogens is 284 g/mol. The fraction of sp³-hybridized carbons (Fsp3) is 0.500. The molecule has 1 fully saturated rings. The highest BCUT2D eigenvalue weighted by Gasteiger charge is 2.34. The maximum atomic E-state index is 11.9. The first-order chi connectivity index (χ1) is 10.6. The van der Waals surface area contributed by atoms with Gasteiger partial charge in [-0.15, -0.1) is 0 Å². The standard InChI is InChI=1S/C16H22N2O4/c1-18-11-12(10-14(18)16(20)21)17-15(19)8-5-9-22-13-6-3-2-4-7-13/h2-4,6-7,12,14H,5,8-11H2,1H3,(H,17,19)(H,20,21)/t12-,14+/m1/s1. The Labute approximate surface area is 130 Å². The smallest absolute Gasteiger partial charge is 0.320 e. The zero-order valence-electron chi connectivity index (χ0n) is 12.7. The lowest BCUT2D eigenvalue weighted by atomic mass is 10.1. The van der Waals surface area contributed by atoms with Gasteiger partial charge in [-0.3, -0.25) is 14.5 Å². The van der Waals surface area contributed by atoms with E-state index in [0.29, 0.717) is 32.4 Å². The van der Waals surface area contributed by atoms with E-state index in [1.54, 1.807) is 11.9 Å². The number of ether oxygens (including phenoxy) is 1. The quantitative estimate of drug-likeness (QED) is 0.738. The van der Waals surface area contributed by atoms with Crippen LogP contribution in [0, 0.1) is 0 Å². The minimum absolute atomic E-state index is 0.0545. The number of hydrogen-bond donors (Lipinski definition) is 2. The zero-order chi connectivity index (χ0) is 15.9. The first kappa shape index (κ1) is 16.3. The molecule has 1 aromatic rings. The summed E-state index contributed by atoms with van der Waals surface area (Å²) >= 11 is 0. The summed E-state index contributed by atoms with van der Waals surface area (Å²) in [4.78, 5) is 24.6. The van der Waals surface area contributed by atoms with Crippen molar-refractivity contribution >= 4 is 11.9 Å². The molecule has 2 atom stereocenters. The van der Waals surface area contributed by atoms with Gasteiger partial charge in [-0.05, 0) is 32.0 Å². The predicted octanol–water partition coefficient (Wildman–Crippen LogP) is 1.12. The van der Waals surface area contributed by atoms with Gasteiger partial charge in [-0.1, -0.05) is 18.2 Å². The number of aliphatic carboxylic acids is 1. The van der Waals surface area contributed by atoms with Gasteiger partial charge in [0.2, 0.25) is 5.91 Å². The normalized spacial score (nSPS) is 21.5. The van der Waals surface area contributed by atoms with Gasteiger partial charge in [0, 0.05) is 19.0 Å². The molecule has 0 radical (unpaired) electrons. The number of para-hydroxylation sites is 1. The van der Waals surface area contributed by atoms with Crippen LogP contribution in [0.3, 0.4) is 0 Å². The second kappa shape index (κ2) is 7.79. The van der Waals surface area contributed by atoms with Gasteiger partial charge < -0.3 is 15.2 Å². The van der Waals surface area contributed by atoms with Gasteiger partial charge >= 0.3 is 5.97 Å². The van der Waals surface area contributed by atoms with Crippen molar-refractivity contribution in [3.05, 3.63) is 30.3 Å². The Bertz CT molecular complexity index is 506. The topological polar surface area (TPSA) is 78.9 Å². The van der Waals surface area contributed by atoms with Gasteiger partial charge in [0.1, 0.15) is 11.8 Å². The molecule has 6 heteroatoms. The molecule has 0 aliphatic carbocycles. The molecule has 1 aromatic carbocycles. The Morgan fingerprint density at radius 2 is 2.09 bits per heavy atom. The summed E-state index contributed by atoms with van der Waals surface area (Å²) in [5.74, 6) is -0.0961. The highest BCUT2D eigenvalue weighted by molar-refractivity contribution is 5.77. The molecule has 2 rings (SSSR count). The number of benzene rings is 1. The molecule has 1 aliphatic heterocycles. The van der Waals surface area contributed by atoms with Crippen molar-refractivity contribution < 1.29 is 19.4 Å². The van der Waals surface area contributed by atoms with E-state index < -0.39 is 12.0 Å². The zero-order valence-corrected chi connectivity index (χ0v) is 12.7. The van der Waals surface area contributed by atoms with Crippen molar-refractivity contribution in [2.24, 2.45) is 0 Å². The van der Waals surface area contributed by atoms with Crippen LogP contribution in [0.2, 0.25) is 0 Å². The van der Waals surface area contributed by atoms with Gasteiger partial charge in [-0.2, -0.15) is 0 Å². The molecule has 1 amide bonds. The van der Waals surface area contributed by atoms with Crippen molar-refractivity contribution in [2.45, 2.75) is 31.3 Å². The molecule has 1 saturated heterocycles. The van der Waals surface area contributed by atoms with E-state index in [2.05, 4.69) is 5.32 Å². The molecule has 0 aromatic heterocycles. The van der Waals surface area contributed by atoms with Crippen LogP contribution in [0.5, 0.6) is 5.75 Å². The summed E-state index contributed by atoms with van der Waals surface area (Å²) in [7, 11) is 1.76. The molecule has 6 nitrogen and oxygen atoms in total. The van der Waals surface area contributed by atoms with E-state index in [1.165, 1.54) is 0 Å². The lowest BCUT2D eigenvalue weighted by Gasteiger charge is -2.13. The third-order valence-corrected chi connectivity index (χ3v) is 3.76. The second-order valence-electron chi connectivity index (χ2n) is 5.56. The summed E-state index contributed by atoms with van der Waals surface area (Å²) in [6, 6.07) is 8.87. The minimum Gasteiger partial charge on any atom is -0.494 e. The Kier molecular flexibility index (Phi) is 5.77. The second-order valence-corrected chi connectivity index (χ2v) is 5.56. The molecule has 22 heavy (non-hydrogen) atoms. The minimum atomic E-state index is -0.837. The molecule has 0 bridgehead atoms. The summed E-state index contributed by atoms with van der Waals surface area (Å²) in [6.07, 6.45) is 1.47. The number of hydrogen-bond acceptors (Lipinski definition) is 4. The van der Waals surface area contributed by atoms with E-state index in [-0.39, 0.29) is 11.9 Å². The molecule has 0 saturated carbocycles. The number of carbonyl (C=O) groups excluding carboxylic acids is 1. The van der Waals surface area contributed by atoms with Crippen molar-refractivity contribution in [1.29, 1.82) is 0 Å². The number of nitrogens with zero attached hydrogens (tertiary/aromatic N) is 1. The number of rotatable bonds is 7. The fourth-order valence-electron chi connectivity index (χ4n) is 2.63. The number of carboxylic acids is 1. The van der Waals surface area contributed by atoms with E-state index in [4.69, 9.17) is 9.84 Å². The SMILES string of the molecule is CN1C[C@H](NC(=O)CCCOc2ccccc2)C[C@H]1C(=O)O. The lowest BCUT2D eigenvalue weighted by molar-refractivity contribution is -0.141.